The van der Waals surface area contributed by atoms with Crippen molar-refractivity contribution >= 4 is 0 Å². The molecule has 70 valence electrons. The van der Waals surface area contributed by atoms with Crippen LogP contribution in [0.4, 0.5) is 0 Å². The smallest absolute Gasteiger partial charge is 0.00993 e. The van der Waals surface area contributed by atoms with Gasteiger partial charge in [-0.1, -0.05) is 0 Å². The summed E-state index contributed by atoms with van der Waals surface area (Å²) in [5, 5.41) is 0. The molecule has 0 spiro atoms. The molecule has 12 heavy (non-hydrogen) atoms. The number of nitrogens with two attached hydrogens (primary N) is 1. The van der Waals surface area contributed by atoms with Gasteiger partial charge in [0, 0.05) is 12.1 Å². The van der Waals surface area contributed by atoms with Gasteiger partial charge in [-0.15, -0.1) is 0 Å². The van der Waals surface area contributed by atoms with Crippen LogP contribution in [-0.4, -0.2) is 30.1 Å². The molecule has 2 rings (SSSR count). The van der Waals surface area contributed by atoms with E-state index in [4.69, 9.17) is 5.73 Å². The fraction of sp³-hybridized carbons (Fsp3) is 1.00. The molecule has 0 amide bonds. The largest absolute Gasteiger partial charge is 0.330 e. The molecule has 0 aromatic rings. The maximum atomic E-state index is 5.48. The molecule has 0 bridgehead atoms. The van der Waals surface area contributed by atoms with Crippen LogP contribution in [0.5, 0.6) is 0 Å². The molecule has 0 aromatic carbocycles. The predicted molar refractivity (Wildman–Crippen MR) is 51.0 cm³/mol. The third-order valence-corrected chi connectivity index (χ3v) is 2.90. The average Bonchev–Trinajstić information content (AvgIpc) is 2.87. The minimum Gasteiger partial charge on any atom is -0.330 e. The van der Waals surface area contributed by atoms with Gasteiger partial charge in [0.15, 0.2) is 0 Å². The van der Waals surface area contributed by atoms with Crippen molar-refractivity contribution in [3.8, 4) is 0 Å². The quantitative estimate of drug-likeness (QED) is 0.607. The van der Waals surface area contributed by atoms with Gasteiger partial charge in [0.05, 0.1) is 0 Å². The highest BCUT2D eigenvalue weighted by Gasteiger charge is 2.38. The van der Waals surface area contributed by atoms with Crippen LogP contribution < -0.4 is 5.73 Å². The Morgan fingerprint density at radius 3 is 2.00 bits per heavy atom. The Hall–Kier alpha value is -0.0800. The summed E-state index contributed by atoms with van der Waals surface area (Å²) >= 11 is 0. The molecule has 0 aromatic heterocycles. The molecule has 2 heteroatoms. The Kier molecular flexibility index (Phi) is 2.66. The van der Waals surface area contributed by atoms with Crippen molar-refractivity contribution in [3.63, 3.8) is 0 Å². The van der Waals surface area contributed by atoms with Crippen molar-refractivity contribution in [2.75, 3.05) is 13.1 Å². The van der Waals surface area contributed by atoms with Gasteiger partial charge in [-0.25, -0.2) is 0 Å². The second kappa shape index (κ2) is 3.75. The fourth-order valence-electron chi connectivity index (χ4n) is 1.91. The summed E-state index contributed by atoms with van der Waals surface area (Å²) in [6, 6.07) is 1.94. The van der Waals surface area contributed by atoms with Crippen molar-refractivity contribution in [1.29, 1.82) is 0 Å². The van der Waals surface area contributed by atoms with E-state index < -0.39 is 0 Å². The highest BCUT2D eigenvalue weighted by atomic mass is 15.2. The highest BCUT2D eigenvalue weighted by molar-refractivity contribution is 4.94. The van der Waals surface area contributed by atoms with Crippen LogP contribution >= 0.6 is 0 Å². The summed E-state index contributed by atoms with van der Waals surface area (Å²) in [5.41, 5.74) is 5.48. The summed E-state index contributed by atoms with van der Waals surface area (Å²) in [4.78, 5) is 2.73. The minimum atomic E-state index is 0.864. The summed E-state index contributed by atoms with van der Waals surface area (Å²) < 4.78 is 0. The third kappa shape index (κ3) is 2.20. The van der Waals surface area contributed by atoms with E-state index in [2.05, 4.69) is 4.90 Å². The molecule has 0 aliphatic heterocycles. The Bertz CT molecular complexity index is 127. The molecule has 0 unspecified atom stereocenters. The van der Waals surface area contributed by atoms with Gasteiger partial charge >= 0.3 is 0 Å². The molecule has 0 saturated heterocycles. The zero-order valence-corrected chi connectivity index (χ0v) is 7.84. The lowest BCUT2D eigenvalue weighted by Gasteiger charge is -2.20. The second-order valence-electron chi connectivity index (χ2n) is 4.20. The maximum Gasteiger partial charge on any atom is 0.00993 e. The van der Waals surface area contributed by atoms with Crippen LogP contribution in [0.1, 0.15) is 38.5 Å². The lowest BCUT2D eigenvalue weighted by Crippen LogP contribution is -2.29. The standard InChI is InChI=1S/C10H20N2/c11-7-1-2-8-12(9-3-4-9)10-5-6-10/h9-10H,1-8,11H2. The van der Waals surface area contributed by atoms with Crippen LogP contribution in [0.15, 0.2) is 0 Å². The third-order valence-electron chi connectivity index (χ3n) is 2.90. The summed E-state index contributed by atoms with van der Waals surface area (Å²) in [7, 11) is 0. The van der Waals surface area contributed by atoms with Crippen molar-refractivity contribution < 1.29 is 0 Å². The molecular weight excluding hydrogens is 148 g/mol. The van der Waals surface area contributed by atoms with Gasteiger partial charge in [-0.05, 0) is 51.6 Å². The average molecular weight is 168 g/mol. The Morgan fingerprint density at radius 1 is 1.00 bits per heavy atom. The van der Waals surface area contributed by atoms with Crippen molar-refractivity contribution in [3.05, 3.63) is 0 Å². The predicted octanol–water partition coefficient (Wildman–Crippen LogP) is 1.35. The lowest BCUT2D eigenvalue weighted by molar-refractivity contribution is 0.248. The molecule has 0 heterocycles. The number of rotatable bonds is 6. The van der Waals surface area contributed by atoms with E-state index in [1.165, 1.54) is 45.1 Å². The van der Waals surface area contributed by atoms with Gasteiger partial charge < -0.3 is 5.73 Å². The first-order valence-corrected chi connectivity index (χ1v) is 5.37. The van der Waals surface area contributed by atoms with Gasteiger partial charge in [0.25, 0.3) is 0 Å². The van der Waals surface area contributed by atoms with E-state index in [9.17, 15) is 0 Å². The van der Waals surface area contributed by atoms with E-state index >= 15 is 0 Å². The first-order chi connectivity index (χ1) is 5.92. The maximum absolute atomic E-state index is 5.48. The zero-order chi connectivity index (χ0) is 8.39. The van der Waals surface area contributed by atoms with E-state index in [-0.39, 0.29) is 0 Å². The Balaban J connectivity index is 1.66. The van der Waals surface area contributed by atoms with Gasteiger partial charge in [-0.2, -0.15) is 0 Å². The highest BCUT2D eigenvalue weighted by Crippen LogP contribution is 2.37. The summed E-state index contributed by atoms with van der Waals surface area (Å²) in [6.07, 6.45) is 8.34. The SMILES string of the molecule is NCCCCN(C1CC1)C1CC1. The van der Waals surface area contributed by atoms with Crippen LogP contribution in [0, 0.1) is 0 Å². The van der Waals surface area contributed by atoms with E-state index in [1.807, 2.05) is 0 Å². The first kappa shape index (κ1) is 8.52. The van der Waals surface area contributed by atoms with E-state index in [0.717, 1.165) is 18.6 Å². The number of nitrogens with zero attached hydrogens (tertiary/aromatic N) is 1. The minimum absolute atomic E-state index is 0.864. The Labute approximate surface area is 75.1 Å². The van der Waals surface area contributed by atoms with Gasteiger partial charge in [-0.3, -0.25) is 4.90 Å². The number of unbranched alkanes of at least 4 members (excludes halogenated alkanes) is 1. The monoisotopic (exact) mass is 168 g/mol. The van der Waals surface area contributed by atoms with Crippen molar-refractivity contribution in [2.45, 2.75) is 50.6 Å². The van der Waals surface area contributed by atoms with Crippen LogP contribution in [0.2, 0.25) is 0 Å². The van der Waals surface area contributed by atoms with Gasteiger partial charge in [0.2, 0.25) is 0 Å². The summed E-state index contributed by atoms with van der Waals surface area (Å²) in [6.45, 7) is 2.18. The molecule has 2 fully saturated rings. The normalized spacial score (nSPS) is 23.5. The Morgan fingerprint density at radius 2 is 1.58 bits per heavy atom. The van der Waals surface area contributed by atoms with Crippen molar-refractivity contribution in [1.82, 2.24) is 4.90 Å². The van der Waals surface area contributed by atoms with E-state index in [0.29, 0.717) is 0 Å². The second-order valence-corrected chi connectivity index (χ2v) is 4.20. The lowest BCUT2D eigenvalue weighted by atomic mass is 10.3. The number of hydrogen-bond donors (Lipinski definition) is 1. The molecule has 2 N–H and O–H groups in total. The fourth-order valence-corrected chi connectivity index (χ4v) is 1.91. The first-order valence-electron chi connectivity index (χ1n) is 5.37. The molecule has 0 atom stereocenters. The van der Waals surface area contributed by atoms with Crippen LogP contribution in [-0.2, 0) is 0 Å². The molecule has 2 nitrogen and oxygen atoms in total. The zero-order valence-electron chi connectivity index (χ0n) is 7.84. The molecule has 2 saturated carbocycles. The topological polar surface area (TPSA) is 29.3 Å². The van der Waals surface area contributed by atoms with E-state index in [1.54, 1.807) is 0 Å². The molecule has 2 aliphatic carbocycles. The molecular formula is C10H20N2. The van der Waals surface area contributed by atoms with Crippen molar-refractivity contribution in [2.24, 2.45) is 5.73 Å². The van der Waals surface area contributed by atoms with Crippen LogP contribution in [0.25, 0.3) is 0 Å². The van der Waals surface area contributed by atoms with Crippen LogP contribution in [0.3, 0.4) is 0 Å². The summed E-state index contributed by atoms with van der Waals surface area (Å²) in [5.74, 6) is 0. The molecule has 2 aliphatic rings. The number of hydrogen-bond acceptors (Lipinski definition) is 2. The van der Waals surface area contributed by atoms with Gasteiger partial charge in [0.1, 0.15) is 0 Å². The molecule has 0 radical (unpaired) electrons.